The molecule has 3 aromatic carbocycles. The van der Waals surface area contributed by atoms with Gasteiger partial charge in [0.15, 0.2) is 5.82 Å². The summed E-state index contributed by atoms with van der Waals surface area (Å²) >= 11 is 0. The topological polar surface area (TPSA) is 62.5 Å². The van der Waals surface area contributed by atoms with Crippen molar-refractivity contribution >= 4 is 22.3 Å². The Morgan fingerprint density at radius 1 is 0.792 bits per heavy atom. The predicted octanol–water partition coefficient (Wildman–Crippen LogP) is 4.73. The number of hydrogen-bond acceptors (Lipinski definition) is 3. The minimum absolute atomic E-state index is 0.173. The van der Waals surface area contributed by atoms with Gasteiger partial charge >= 0.3 is 0 Å². The minimum atomic E-state index is -0.173. The van der Waals surface area contributed by atoms with Crippen LogP contribution in [-0.4, -0.2) is 9.78 Å². The second kappa shape index (κ2) is 5.96. The van der Waals surface area contributed by atoms with Crippen molar-refractivity contribution in [2.75, 3.05) is 0 Å². The van der Waals surface area contributed by atoms with E-state index in [1.54, 1.807) is 0 Å². The molecule has 4 rings (SSSR count). The number of fused-ring (bicyclic) bond motifs is 1. The fourth-order valence-electron chi connectivity index (χ4n) is 2.61. The van der Waals surface area contributed by atoms with Crippen molar-refractivity contribution in [3.63, 3.8) is 0 Å². The third kappa shape index (κ3) is 2.63. The van der Waals surface area contributed by atoms with Crippen LogP contribution in [-0.2, 0) is 0 Å². The summed E-state index contributed by atoms with van der Waals surface area (Å²) in [6.07, 6.45) is 0. The van der Waals surface area contributed by atoms with Crippen molar-refractivity contribution in [1.82, 2.24) is 9.78 Å². The van der Waals surface area contributed by atoms with Crippen LogP contribution in [0.2, 0.25) is 0 Å². The van der Waals surface area contributed by atoms with E-state index in [1.165, 1.54) is 10.7 Å². The molecule has 1 N–H and O–H groups in total. The molecule has 1 aromatic heterocycles. The Morgan fingerprint density at radius 3 is 2.42 bits per heavy atom. The summed E-state index contributed by atoms with van der Waals surface area (Å²) in [4.78, 5) is 12.1. The maximum absolute atomic E-state index is 12.1. The van der Waals surface area contributed by atoms with E-state index in [0.29, 0.717) is 5.82 Å². The van der Waals surface area contributed by atoms with Gasteiger partial charge < -0.3 is 0 Å². The highest BCUT2D eigenvalue weighted by Crippen LogP contribution is 2.26. The SMILES string of the molecule is O=c1cc(/N=N/c2cccc3ccccc23)[nH]n1-c1ccccc1. The highest BCUT2D eigenvalue weighted by atomic mass is 16.1. The number of nitrogens with zero attached hydrogens (tertiary/aromatic N) is 3. The molecule has 0 saturated heterocycles. The molecule has 4 aromatic rings. The fraction of sp³-hybridized carbons (Fsp3) is 0. The zero-order valence-corrected chi connectivity index (χ0v) is 12.8. The third-order valence-corrected chi connectivity index (χ3v) is 3.75. The molecule has 24 heavy (non-hydrogen) atoms. The highest BCUT2D eigenvalue weighted by Gasteiger charge is 2.04. The molecule has 0 amide bonds. The molecule has 116 valence electrons. The average molecular weight is 314 g/mol. The number of rotatable bonds is 3. The fourth-order valence-corrected chi connectivity index (χ4v) is 2.61. The Kier molecular flexibility index (Phi) is 3.51. The number of H-pyrrole nitrogens is 1. The molecule has 0 bridgehead atoms. The van der Waals surface area contributed by atoms with Gasteiger partial charge in [-0.15, -0.1) is 10.2 Å². The predicted molar refractivity (Wildman–Crippen MR) is 94.5 cm³/mol. The average Bonchev–Trinajstić information content (AvgIpc) is 3.01. The molecular formula is C19H14N4O. The zero-order valence-electron chi connectivity index (χ0n) is 12.8. The second-order valence-corrected chi connectivity index (χ2v) is 5.35. The first-order chi connectivity index (χ1) is 11.8. The van der Waals surface area contributed by atoms with Crippen LogP contribution in [0.5, 0.6) is 0 Å². The van der Waals surface area contributed by atoms with Gasteiger partial charge in [-0.1, -0.05) is 54.6 Å². The van der Waals surface area contributed by atoms with Crippen molar-refractivity contribution in [2.24, 2.45) is 10.2 Å². The van der Waals surface area contributed by atoms with Crippen molar-refractivity contribution in [3.05, 3.63) is 89.2 Å². The first kappa shape index (κ1) is 14.1. The summed E-state index contributed by atoms with van der Waals surface area (Å²) in [5.41, 5.74) is 1.35. The molecule has 0 fully saturated rings. The van der Waals surface area contributed by atoms with E-state index >= 15 is 0 Å². The van der Waals surface area contributed by atoms with Crippen molar-refractivity contribution in [2.45, 2.75) is 0 Å². The van der Waals surface area contributed by atoms with Crippen LogP contribution < -0.4 is 5.56 Å². The molecule has 1 heterocycles. The number of para-hydroxylation sites is 1. The zero-order chi connectivity index (χ0) is 16.4. The monoisotopic (exact) mass is 314 g/mol. The van der Waals surface area contributed by atoms with Crippen LogP contribution >= 0.6 is 0 Å². The molecule has 0 spiro atoms. The van der Waals surface area contributed by atoms with Crippen LogP contribution in [0.3, 0.4) is 0 Å². The number of benzene rings is 3. The second-order valence-electron chi connectivity index (χ2n) is 5.35. The quantitative estimate of drug-likeness (QED) is 0.546. The van der Waals surface area contributed by atoms with Gasteiger partial charge in [0.25, 0.3) is 5.56 Å². The van der Waals surface area contributed by atoms with Crippen LogP contribution in [0.15, 0.2) is 93.9 Å². The van der Waals surface area contributed by atoms with Gasteiger partial charge in [-0.2, -0.15) is 0 Å². The lowest BCUT2D eigenvalue weighted by atomic mass is 10.1. The van der Waals surface area contributed by atoms with E-state index in [2.05, 4.69) is 15.3 Å². The van der Waals surface area contributed by atoms with Gasteiger partial charge in [0, 0.05) is 5.39 Å². The van der Waals surface area contributed by atoms with E-state index in [1.807, 2.05) is 72.8 Å². The van der Waals surface area contributed by atoms with E-state index in [4.69, 9.17) is 0 Å². The summed E-state index contributed by atoms with van der Waals surface area (Å²) < 4.78 is 1.44. The Bertz CT molecular complexity index is 1070. The van der Waals surface area contributed by atoms with E-state index in [9.17, 15) is 4.79 Å². The van der Waals surface area contributed by atoms with Gasteiger partial charge in [0.2, 0.25) is 0 Å². The van der Waals surface area contributed by atoms with E-state index < -0.39 is 0 Å². The molecule has 0 aliphatic carbocycles. The van der Waals surface area contributed by atoms with E-state index in [-0.39, 0.29) is 5.56 Å². The van der Waals surface area contributed by atoms with Crippen LogP contribution in [0.25, 0.3) is 16.5 Å². The summed E-state index contributed by atoms with van der Waals surface area (Å²) in [6, 6.07) is 24.6. The minimum Gasteiger partial charge on any atom is -0.273 e. The van der Waals surface area contributed by atoms with Crippen molar-refractivity contribution < 1.29 is 0 Å². The Labute approximate surface area is 137 Å². The number of hydrogen-bond donors (Lipinski definition) is 1. The van der Waals surface area contributed by atoms with Gasteiger partial charge in [-0.25, -0.2) is 4.68 Å². The Hall–Kier alpha value is -3.47. The standard InChI is InChI=1S/C19H14N4O/c24-19-13-18(22-23(19)15-9-2-1-3-10-15)21-20-17-12-6-8-14-7-4-5-11-16(14)17/h1-13,22H/b21-20+. The number of aromatic amines is 1. The molecular weight excluding hydrogens is 300 g/mol. The molecule has 5 heteroatoms. The molecule has 5 nitrogen and oxygen atoms in total. The number of azo groups is 1. The maximum atomic E-state index is 12.1. The molecule has 0 atom stereocenters. The lowest BCUT2D eigenvalue weighted by Crippen LogP contribution is -2.12. The first-order valence-electron chi connectivity index (χ1n) is 7.58. The van der Waals surface area contributed by atoms with Gasteiger partial charge in [-0.3, -0.25) is 9.89 Å². The molecule has 0 radical (unpaired) electrons. The van der Waals surface area contributed by atoms with Gasteiger partial charge in [0.1, 0.15) is 0 Å². The van der Waals surface area contributed by atoms with Crippen molar-refractivity contribution in [3.8, 4) is 5.69 Å². The lowest BCUT2D eigenvalue weighted by molar-refractivity contribution is 0.846. The third-order valence-electron chi connectivity index (χ3n) is 3.75. The summed E-state index contributed by atoms with van der Waals surface area (Å²) in [5, 5.41) is 13.6. The lowest BCUT2D eigenvalue weighted by Gasteiger charge is -2.00. The number of nitrogens with one attached hydrogen (secondary N) is 1. The van der Waals surface area contributed by atoms with Crippen LogP contribution in [0.1, 0.15) is 0 Å². The molecule has 0 unspecified atom stereocenters. The smallest absolute Gasteiger partial charge is 0.273 e. The normalized spacial score (nSPS) is 11.3. The maximum Gasteiger partial charge on any atom is 0.273 e. The number of aromatic nitrogens is 2. The summed E-state index contributed by atoms with van der Waals surface area (Å²) in [7, 11) is 0. The van der Waals surface area contributed by atoms with Gasteiger partial charge in [-0.05, 0) is 23.6 Å². The molecule has 0 aliphatic rings. The molecule has 0 saturated carbocycles. The highest BCUT2D eigenvalue weighted by molar-refractivity contribution is 5.92. The largest absolute Gasteiger partial charge is 0.273 e. The van der Waals surface area contributed by atoms with Crippen LogP contribution in [0.4, 0.5) is 11.5 Å². The first-order valence-corrected chi connectivity index (χ1v) is 7.58. The van der Waals surface area contributed by atoms with Crippen molar-refractivity contribution in [1.29, 1.82) is 0 Å². The Morgan fingerprint density at radius 2 is 1.54 bits per heavy atom. The Balaban J connectivity index is 1.71. The molecule has 0 aliphatic heterocycles. The van der Waals surface area contributed by atoms with Gasteiger partial charge in [0.05, 0.1) is 17.4 Å². The van der Waals surface area contributed by atoms with E-state index in [0.717, 1.165) is 22.1 Å². The summed E-state index contributed by atoms with van der Waals surface area (Å²) in [6.45, 7) is 0. The summed E-state index contributed by atoms with van der Waals surface area (Å²) in [5.74, 6) is 0.414. The van der Waals surface area contributed by atoms with Crippen LogP contribution in [0, 0.1) is 0 Å².